The number of anilines is 1. The van der Waals surface area contributed by atoms with E-state index < -0.39 is 17.9 Å². The zero-order chi connectivity index (χ0) is 25.5. The summed E-state index contributed by atoms with van der Waals surface area (Å²) >= 11 is 0. The highest BCUT2D eigenvalue weighted by atomic mass is 16.4. The highest BCUT2D eigenvalue weighted by molar-refractivity contribution is 6.04. The molecule has 0 saturated carbocycles. The summed E-state index contributed by atoms with van der Waals surface area (Å²) < 4.78 is 0. The Hall–Kier alpha value is -4.08. The first kappa shape index (κ1) is 25.0. The predicted octanol–water partition coefficient (Wildman–Crippen LogP) is 2.73. The summed E-state index contributed by atoms with van der Waals surface area (Å²) in [7, 11) is 0. The van der Waals surface area contributed by atoms with Crippen molar-refractivity contribution in [3.05, 3.63) is 53.3 Å². The number of carbonyl (C=O) groups excluding carboxylic acids is 2. The van der Waals surface area contributed by atoms with Crippen LogP contribution in [0.15, 0.2) is 36.4 Å². The van der Waals surface area contributed by atoms with Gasteiger partial charge in [0.25, 0.3) is 5.91 Å². The van der Waals surface area contributed by atoms with E-state index in [1.807, 2.05) is 6.07 Å². The molecule has 6 N–H and O–H groups in total. The molecule has 10 heteroatoms. The van der Waals surface area contributed by atoms with E-state index >= 15 is 0 Å². The molecule has 10 nitrogen and oxygen atoms in total. The van der Waals surface area contributed by atoms with Gasteiger partial charge in [-0.1, -0.05) is 18.2 Å². The topological polar surface area (TPSA) is 156 Å². The minimum atomic E-state index is -1.22. The number of carboxylic acid groups (broad SMARTS) is 1. The number of carboxylic acids is 1. The van der Waals surface area contributed by atoms with E-state index in [-0.39, 0.29) is 30.3 Å². The van der Waals surface area contributed by atoms with Crippen molar-refractivity contribution in [3.8, 4) is 5.75 Å². The van der Waals surface area contributed by atoms with Gasteiger partial charge in [0.15, 0.2) is 5.75 Å². The van der Waals surface area contributed by atoms with Crippen LogP contribution in [0.2, 0.25) is 0 Å². The molecule has 0 aliphatic carbocycles. The zero-order valence-electron chi connectivity index (χ0n) is 20.0. The molecular formula is C26H31N5O5. The SMILES string of the molecule is O=C(CCCCc1ccc2c(n1)NCCC2)NCCC(NC(=O)c1[nH]c2ccccc2c1O)C(=O)O. The number of H-pyrrole nitrogens is 1. The minimum absolute atomic E-state index is 0.0137. The Bertz CT molecular complexity index is 1250. The van der Waals surface area contributed by atoms with Crippen LogP contribution in [0.1, 0.15) is 53.8 Å². The third-order valence-corrected chi connectivity index (χ3v) is 6.30. The molecule has 4 rings (SSSR count). The first-order valence-electron chi connectivity index (χ1n) is 12.2. The summed E-state index contributed by atoms with van der Waals surface area (Å²) in [6, 6.07) is 9.79. The first-order chi connectivity index (χ1) is 17.4. The van der Waals surface area contributed by atoms with Gasteiger partial charge in [0.1, 0.15) is 17.6 Å². The summed E-state index contributed by atoms with van der Waals surface area (Å²) in [6.07, 6.45) is 4.81. The van der Waals surface area contributed by atoms with Gasteiger partial charge in [-0.05, 0) is 62.3 Å². The maximum atomic E-state index is 12.6. The van der Waals surface area contributed by atoms with Crippen molar-refractivity contribution in [3.63, 3.8) is 0 Å². The van der Waals surface area contributed by atoms with Gasteiger partial charge in [0, 0.05) is 36.1 Å². The predicted molar refractivity (Wildman–Crippen MR) is 135 cm³/mol. The number of aryl methyl sites for hydroxylation is 2. The normalized spacial score (nSPS) is 13.4. The number of fused-ring (bicyclic) bond motifs is 2. The maximum Gasteiger partial charge on any atom is 0.326 e. The molecular weight excluding hydrogens is 462 g/mol. The van der Waals surface area contributed by atoms with Crippen LogP contribution in [0.25, 0.3) is 10.9 Å². The van der Waals surface area contributed by atoms with Crippen LogP contribution in [-0.4, -0.2) is 57.1 Å². The number of para-hydroxylation sites is 1. The molecule has 1 aromatic carbocycles. The Labute approximate surface area is 208 Å². The Morgan fingerprint density at radius 3 is 2.75 bits per heavy atom. The van der Waals surface area contributed by atoms with E-state index in [1.165, 1.54) is 5.56 Å². The molecule has 190 valence electrons. The van der Waals surface area contributed by atoms with Crippen molar-refractivity contribution in [2.75, 3.05) is 18.4 Å². The van der Waals surface area contributed by atoms with Crippen molar-refractivity contribution < 1.29 is 24.6 Å². The number of aliphatic carboxylic acids is 1. The van der Waals surface area contributed by atoms with E-state index in [1.54, 1.807) is 24.3 Å². The second kappa shape index (κ2) is 11.6. The lowest BCUT2D eigenvalue weighted by atomic mass is 10.1. The lowest BCUT2D eigenvalue weighted by Gasteiger charge is -2.17. The molecule has 3 aromatic rings. The largest absolute Gasteiger partial charge is 0.505 e. The number of amides is 2. The third kappa shape index (κ3) is 6.12. The number of rotatable bonds is 11. The number of hydrogen-bond acceptors (Lipinski definition) is 6. The minimum Gasteiger partial charge on any atom is -0.505 e. The standard InChI is InChI=1S/C26H31N5O5/c32-21(10-4-1-7-17-12-11-16-6-5-14-28-24(16)29-17)27-15-13-20(26(35)36)31-25(34)22-23(33)18-8-2-3-9-19(18)30-22/h2-3,8-9,11-12,20,30,33H,1,4-7,10,13-15H2,(H,27,32)(H,28,29)(H,31,34)(H,35,36). The van der Waals surface area contributed by atoms with Crippen LogP contribution in [0, 0.1) is 0 Å². The number of unbranched alkanes of at least 4 members (excludes halogenated alkanes) is 1. The summed E-state index contributed by atoms with van der Waals surface area (Å²) in [5, 5.41) is 28.7. The number of nitrogens with zero attached hydrogens (tertiary/aromatic N) is 1. The van der Waals surface area contributed by atoms with Gasteiger partial charge in [0.05, 0.1) is 0 Å². The molecule has 2 aromatic heterocycles. The van der Waals surface area contributed by atoms with E-state index in [0.29, 0.717) is 23.7 Å². The number of carbonyl (C=O) groups is 3. The smallest absolute Gasteiger partial charge is 0.326 e. The Morgan fingerprint density at radius 1 is 1.11 bits per heavy atom. The van der Waals surface area contributed by atoms with Crippen molar-refractivity contribution in [2.24, 2.45) is 0 Å². The number of hydrogen-bond donors (Lipinski definition) is 6. The van der Waals surface area contributed by atoms with Gasteiger partial charge in [-0.2, -0.15) is 0 Å². The second-order valence-electron chi connectivity index (χ2n) is 8.94. The summed E-state index contributed by atoms with van der Waals surface area (Å²) in [4.78, 5) is 43.8. The Balaban J connectivity index is 1.18. The van der Waals surface area contributed by atoms with Gasteiger partial charge in [-0.3, -0.25) is 9.59 Å². The lowest BCUT2D eigenvalue weighted by Crippen LogP contribution is -2.43. The van der Waals surface area contributed by atoms with Gasteiger partial charge in [-0.25, -0.2) is 9.78 Å². The molecule has 0 spiro atoms. The molecule has 0 fully saturated rings. The van der Waals surface area contributed by atoms with Gasteiger partial charge in [-0.15, -0.1) is 0 Å². The van der Waals surface area contributed by atoms with Crippen molar-refractivity contribution in [1.29, 1.82) is 0 Å². The van der Waals surface area contributed by atoms with E-state index in [0.717, 1.165) is 43.7 Å². The van der Waals surface area contributed by atoms with Crippen molar-refractivity contribution >= 4 is 34.5 Å². The van der Waals surface area contributed by atoms with Crippen molar-refractivity contribution in [2.45, 2.75) is 51.0 Å². The van der Waals surface area contributed by atoms with Crippen LogP contribution < -0.4 is 16.0 Å². The Kier molecular flexibility index (Phi) is 8.04. The molecule has 1 aliphatic heterocycles. The zero-order valence-corrected chi connectivity index (χ0v) is 20.0. The average molecular weight is 494 g/mol. The monoisotopic (exact) mass is 493 g/mol. The van der Waals surface area contributed by atoms with E-state index in [2.05, 4.69) is 32.0 Å². The van der Waals surface area contributed by atoms with Gasteiger partial charge in [0.2, 0.25) is 5.91 Å². The summed E-state index contributed by atoms with van der Waals surface area (Å²) in [6.45, 7) is 1.05. The maximum absolute atomic E-state index is 12.6. The summed E-state index contributed by atoms with van der Waals surface area (Å²) in [5.41, 5.74) is 2.72. The highest BCUT2D eigenvalue weighted by Gasteiger charge is 2.24. The Morgan fingerprint density at radius 2 is 1.94 bits per heavy atom. The fourth-order valence-electron chi connectivity index (χ4n) is 4.32. The quantitative estimate of drug-likeness (QED) is 0.224. The van der Waals surface area contributed by atoms with Gasteiger partial charge < -0.3 is 31.1 Å². The van der Waals surface area contributed by atoms with Crippen molar-refractivity contribution in [1.82, 2.24) is 20.6 Å². The molecule has 0 radical (unpaired) electrons. The number of aromatic hydroxyl groups is 1. The third-order valence-electron chi connectivity index (χ3n) is 6.30. The average Bonchev–Trinajstić information content (AvgIpc) is 3.22. The van der Waals surface area contributed by atoms with Crippen LogP contribution in [0.5, 0.6) is 5.75 Å². The number of pyridine rings is 1. The molecule has 1 aliphatic rings. The van der Waals surface area contributed by atoms with E-state index in [9.17, 15) is 24.6 Å². The molecule has 36 heavy (non-hydrogen) atoms. The number of aromatic amines is 1. The van der Waals surface area contributed by atoms with Crippen LogP contribution in [0.4, 0.5) is 5.82 Å². The second-order valence-corrected chi connectivity index (χ2v) is 8.94. The fraction of sp³-hybridized carbons (Fsp3) is 0.385. The van der Waals surface area contributed by atoms with E-state index in [4.69, 9.17) is 0 Å². The molecule has 1 atom stereocenters. The summed E-state index contributed by atoms with van der Waals surface area (Å²) in [5.74, 6) is -1.38. The number of benzene rings is 1. The molecule has 0 saturated heterocycles. The van der Waals surface area contributed by atoms with Gasteiger partial charge >= 0.3 is 5.97 Å². The first-order valence-corrected chi connectivity index (χ1v) is 12.2. The molecule has 1 unspecified atom stereocenters. The molecule has 0 bridgehead atoms. The van der Waals surface area contributed by atoms with Crippen LogP contribution >= 0.6 is 0 Å². The number of aromatic nitrogens is 2. The van der Waals surface area contributed by atoms with Crippen LogP contribution in [-0.2, 0) is 22.4 Å². The highest BCUT2D eigenvalue weighted by Crippen LogP contribution is 2.28. The fourth-order valence-corrected chi connectivity index (χ4v) is 4.32. The molecule has 3 heterocycles. The number of nitrogens with one attached hydrogen (secondary N) is 4. The lowest BCUT2D eigenvalue weighted by molar-refractivity contribution is -0.139. The molecule has 2 amide bonds. The van der Waals surface area contributed by atoms with Crippen LogP contribution in [0.3, 0.4) is 0 Å².